The molecule has 1 saturated heterocycles. The molecule has 0 aliphatic carbocycles. The van der Waals surface area contributed by atoms with Crippen LogP contribution >= 0.6 is 0 Å². The summed E-state index contributed by atoms with van der Waals surface area (Å²) in [5.74, 6) is -0.546. The van der Waals surface area contributed by atoms with Gasteiger partial charge >= 0.3 is 12.1 Å². The van der Waals surface area contributed by atoms with E-state index in [0.29, 0.717) is 18.7 Å². The number of halogens is 1. The number of amides is 1. The van der Waals surface area contributed by atoms with Crippen LogP contribution in [0.5, 0.6) is 5.75 Å². The van der Waals surface area contributed by atoms with E-state index < -0.39 is 29.3 Å². The van der Waals surface area contributed by atoms with Crippen LogP contribution in [-0.2, 0) is 14.3 Å². The van der Waals surface area contributed by atoms with E-state index in [9.17, 15) is 14.0 Å². The van der Waals surface area contributed by atoms with Crippen molar-refractivity contribution in [3.05, 3.63) is 30.1 Å². The number of hydrogen-bond donors (Lipinski definition) is 0. The minimum atomic E-state index is -0.741. The Balaban J connectivity index is 2.09. The third-order valence-electron chi connectivity index (χ3n) is 3.98. The van der Waals surface area contributed by atoms with Crippen LogP contribution in [0.3, 0.4) is 0 Å². The lowest BCUT2D eigenvalue weighted by Gasteiger charge is -2.29. The predicted octanol–water partition coefficient (Wildman–Crippen LogP) is 4.17. The van der Waals surface area contributed by atoms with Crippen molar-refractivity contribution in [3.63, 3.8) is 0 Å². The molecule has 1 unspecified atom stereocenters. The Morgan fingerprint density at radius 1 is 1.11 bits per heavy atom. The molecule has 6 nitrogen and oxygen atoms in total. The van der Waals surface area contributed by atoms with Gasteiger partial charge in [-0.2, -0.15) is 0 Å². The van der Waals surface area contributed by atoms with E-state index in [-0.39, 0.29) is 18.3 Å². The molecular formula is C21H30FNO5. The Morgan fingerprint density at radius 2 is 1.75 bits per heavy atom. The van der Waals surface area contributed by atoms with Crippen molar-refractivity contribution in [2.75, 3.05) is 13.2 Å². The van der Waals surface area contributed by atoms with Crippen molar-refractivity contribution in [3.8, 4) is 5.75 Å². The molecular weight excluding hydrogens is 365 g/mol. The summed E-state index contributed by atoms with van der Waals surface area (Å²) in [6.07, 6.45) is -0.166. The van der Waals surface area contributed by atoms with Crippen LogP contribution in [0.25, 0.3) is 0 Å². The fraction of sp³-hybridized carbons (Fsp3) is 0.619. The molecule has 1 amide bonds. The first-order valence-electron chi connectivity index (χ1n) is 9.45. The normalized spacial score (nSPS) is 20.0. The highest BCUT2D eigenvalue weighted by molar-refractivity contribution is 5.82. The van der Waals surface area contributed by atoms with Crippen LogP contribution in [0, 0.1) is 11.7 Å². The second-order valence-electron chi connectivity index (χ2n) is 9.05. The van der Waals surface area contributed by atoms with Gasteiger partial charge in [0, 0.05) is 18.5 Å². The third-order valence-corrected chi connectivity index (χ3v) is 3.98. The molecule has 0 radical (unpaired) electrons. The van der Waals surface area contributed by atoms with Crippen LogP contribution in [0.2, 0.25) is 0 Å². The number of rotatable bonds is 4. The van der Waals surface area contributed by atoms with Gasteiger partial charge in [0.2, 0.25) is 0 Å². The minimum absolute atomic E-state index is 0.103. The standard InChI is InChI=1S/C21H30FNO5/c1-20(2,3)27-18(24)17-10-14(12-23(17)19(25)28-21(4,5)6)13-26-16-9-7-8-15(22)11-16/h7-9,11,14,17H,10,12-13H2,1-6H3/t14?,17-/m0/s1. The van der Waals surface area contributed by atoms with Crippen LogP contribution in [-0.4, -0.2) is 47.4 Å². The van der Waals surface area contributed by atoms with Gasteiger partial charge in [-0.05, 0) is 60.1 Å². The maximum Gasteiger partial charge on any atom is 0.411 e. The maximum absolute atomic E-state index is 13.3. The van der Waals surface area contributed by atoms with E-state index in [1.54, 1.807) is 53.7 Å². The summed E-state index contributed by atoms with van der Waals surface area (Å²) in [6.45, 7) is 11.2. The zero-order chi connectivity index (χ0) is 21.1. The van der Waals surface area contributed by atoms with Crippen molar-refractivity contribution in [2.45, 2.75) is 65.2 Å². The average Bonchev–Trinajstić information content (AvgIpc) is 2.94. The number of carbonyl (C=O) groups excluding carboxylic acids is 2. The number of benzene rings is 1. The van der Waals surface area contributed by atoms with Crippen LogP contribution < -0.4 is 4.74 Å². The molecule has 0 N–H and O–H groups in total. The van der Waals surface area contributed by atoms with E-state index in [4.69, 9.17) is 14.2 Å². The van der Waals surface area contributed by atoms with Gasteiger partial charge in [-0.1, -0.05) is 6.07 Å². The first-order chi connectivity index (χ1) is 12.8. The zero-order valence-corrected chi connectivity index (χ0v) is 17.5. The summed E-state index contributed by atoms with van der Waals surface area (Å²) < 4.78 is 29.9. The zero-order valence-electron chi connectivity index (χ0n) is 17.5. The Hall–Kier alpha value is -2.31. The molecule has 0 spiro atoms. The van der Waals surface area contributed by atoms with E-state index >= 15 is 0 Å². The molecule has 1 aliphatic heterocycles. The molecule has 2 atom stereocenters. The number of nitrogens with zero attached hydrogens (tertiary/aromatic N) is 1. The van der Waals surface area contributed by atoms with Gasteiger partial charge in [-0.15, -0.1) is 0 Å². The van der Waals surface area contributed by atoms with Crippen LogP contribution in [0.4, 0.5) is 9.18 Å². The van der Waals surface area contributed by atoms with Gasteiger partial charge < -0.3 is 14.2 Å². The smallest absolute Gasteiger partial charge is 0.411 e. The topological polar surface area (TPSA) is 65.1 Å². The third kappa shape index (κ3) is 6.69. The summed E-state index contributed by atoms with van der Waals surface area (Å²) >= 11 is 0. The second-order valence-corrected chi connectivity index (χ2v) is 9.05. The number of esters is 1. The molecule has 1 fully saturated rings. The fourth-order valence-corrected chi connectivity index (χ4v) is 2.93. The van der Waals surface area contributed by atoms with Gasteiger partial charge in [0.15, 0.2) is 0 Å². The lowest BCUT2D eigenvalue weighted by molar-refractivity contribution is -0.160. The molecule has 1 aliphatic rings. The van der Waals surface area contributed by atoms with E-state index in [2.05, 4.69) is 0 Å². The van der Waals surface area contributed by atoms with Crippen molar-refractivity contribution in [2.24, 2.45) is 5.92 Å². The maximum atomic E-state index is 13.3. The molecule has 156 valence electrons. The molecule has 1 heterocycles. The van der Waals surface area contributed by atoms with Gasteiger partial charge in [-0.3, -0.25) is 4.90 Å². The van der Waals surface area contributed by atoms with Gasteiger partial charge in [0.25, 0.3) is 0 Å². The largest absolute Gasteiger partial charge is 0.493 e. The molecule has 1 aromatic rings. The quantitative estimate of drug-likeness (QED) is 0.716. The molecule has 0 aromatic heterocycles. The predicted molar refractivity (Wildman–Crippen MR) is 103 cm³/mol. The number of carbonyl (C=O) groups is 2. The first-order valence-corrected chi connectivity index (χ1v) is 9.45. The molecule has 0 saturated carbocycles. The fourth-order valence-electron chi connectivity index (χ4n) is 2.93. The summed E-state index contributed by atoms with van der Waals surface area (Å²) in [5, 5.41) is 0. The highest BCUT2D eigenvalue weighted by atomic mass is 19.1. The lowest BCUT2D eigenvalue weighted by atomic mass is 10.1. The number of ether oxygens (including phenoxy) is 3. The summed E-state index contributed by atoms with van der Waals surface area (Å²) in [7, 11) is 0. The van der Waals surface area contributed by atoms with Crippen molar-refractivity contribution in [1.82, 2.24) is 4.90 Å². The second kappa shape index (κ2) is 8.37. The Bertz CT molecular complexity index is 671. The van der Waals surface area contributed by atoms with Crippen molar-refractivity contribution < 1.29 is 28.2 Å². The van der Waals surface area contributed by atoms with Crippen molar-refractivity contribution >= 4 is 12.1 Å². The highest BCUT2D eigenvalue weighted by Crippen LogP contribution is 2.28. The highest BCUT2D eigenvalue weighted by Gasteiger charge is 2.43. The number of hydrogen-bond acceptors (Lipinski definition) is 5. The van der Waals surface area contributed by atoms with Crippen LogP contribution in [0.15, 0.2) is 24.3 Å². The van der Waals surface area contributed by atoms with E-state index in [0.717, 1.165) is 0 Å². The molecule has 2 rings (SSSR count). The molecule has 0 bridgehead atoms. The van der Waals surface area contributed by atoms with E-state index in [1.165, 1.54) is 17.0 Å². The first kappa shape index (κ1) is 22.0. The SMILES string of the molecule is CC(C)(C)OC(=O)[C@@H]1CC(COc2cccc(F)c2)CN1C(=O)OC(C)(C)C. The van der Waals surface area contributed by atoms with Crippen molar-refractivity contribution in [1.29, 1.82) is 0 Å². The minimum Gasteiger partial charge on any atom is -0.493 e. The van der Waals surface area contributed by atoms with Gasteiger partial charge in [0.1, 0.15) is 28.8 Å². The Morgan fingerprint density at radius 3 is 2.32 bits per heavy atom. The molecule has 1 aromatic carbocycles. The van der Waals surface area contributed by atoms with Gasteiger partial charge in [-0.25, -0.2) is 14.0 Å². The van der Waals surface area contributed by atoms with Crippen LogP contribution in [0.1, 0.15) is 48.0 Å². The average molecular weight is 395 g/mol. The summed E-state index contributed by atoms with van der Waals surface area (Å²) in [5.41, 5.74) is -1.33. The monoisotopic (exact) mass is 395 g/mol. The summed E-state index contributed by atoms with van der Waals surface area (Å²) in [4.78, 5) is 26.7. The molecule has 7 heteroatoms. The number of likely N-dealkylation sites (tertiary alicyclic amines) is 1. The van der Waals surface area contributed by atoms with E-state index in [1.807, 2.05) is 0 Å². The molecule has 28 heavy (non-hydrogen) atoms. The Kier molecular flexibility index (Phi) is 6.57. The Labute approximate surface area is 165 Å². The lowest BCUT2D eigenvalue weighted by Crippen LogP contribution is -2.45. The van der Waals surface area contributed by atoms with Gasteiger partial charge in [0.05, 0.1) is 6.61 Å². The summed E-state index contributed by atoms with van der Waals surface area (Å²) in [6, 6.07) is 5.12.